The van der Waals surface area contributed by atoms with Crippen LogP contribution in [0.5, 0.6) is 5.75 Å². The van der Waals surface area contributed by atoms with Crippen LogP contribution in [0.3, 0.4) is 0 Å². The highest BCUT2D eigenvalue weighted by Gasteiger charge is 2.60. The number of methoxy groups -OCH3 is 1. The number of nitrogens with one attached hydrogen (secondary N) is 3. The van der Waals surface area contributed by atoms with Crippen LogP contribution in [0.15, 0.2) is 36.5 Å². The summed E-state index contributed by atoms with van der Waals surface area (Å²) >= 11 is 0. The molecule has 0 aliphatic rings. The number of imidazole rings is 1. The number of ether oxygens (including phenoxy) is 1. The molecule has 3 N–H and O–H groups in total. The van der Waals surface area contributed by atoms with Crippen molar-refractivity contribution in [3.8, 4) is 11.8 Å². The predicted molar refractivity (Wildman–Crippen MR) is 106 cm³/mol. The first kappa shape index (κ1) is 19.8. The third kappa shape index (κ3) is 2.64. The van der Waals surface area contributed by atoms with Gasteiger partial charge in [-0.1, -0.05) is 0 Å². The van der Waals surface area contributed by atoms with Gasteiger partial charge in [0.05, 0.1) is 29.8 Å². The van der Waals surface area contributed by atoms with Crippen molar-refractivity contribution in [3.05, 3.63) is 59.0 Å². The fourth-order valence-corrected chi connectivity index (χ4v) is 3.96. The van der Waals surface area contributed by atoms with Crippen LogP contribution in [0, 0.1) is 18.3 Å². The van der Waals surface area contributed by atoms with Crippen LogP contribution in [0.4, 0.5) is 13.2 Å². The molecule has 4 rings (SSSR count). The molecular weight excluding hydrogens is 395 g/mol. The lowest BCUT2D eigenvalue weighted by Crippen LogP contribution is -2.54. The average Bonchev–Trinajstić information content (AvgIpc) is 3.35. The Morgan fingerprint density at radius 3 is 2.60 bits per heavy atom. The van der Waals surface area contributed by atoms with Crippen molar-refractivity contribution in [3.63, 3.8) is 0 Å². The van der Waals surface area contributed by atoms with E-state index < -0.39 is 11.7 Å². The van der Waals surface area contributed by atoms with Gasteiger partial charge in [0.25, 0.3) is 0 Å². The summed E-state index contributed by atoms with van der Waals surface area (Å²) in [6.07, 6.45) is -3.18. The molecule has 0 saturated heterocycles. The van der Waals surface area contributed by atoms with E-state index >= 15 is 0 Å². The number of benzene rings is 2. The molecule has 2 aromatic carbocycles. The second kappa shape index (κ2) is 6.78. The van der Waals surface area contributed by atoms with Gasteiger partial charge in [0.1, 0.15) is 11.6 Å². The number of rotatable bonds is 4. The molecule has 6 nitrogen and oxygen atoms in total. The number of halogens is 3. The first-order valence-electron chi connectivity index (χ1n) is 9.08. The Morgan fingerprint density at radius 1 is 1.20 bits per heavy atom. The molecule has 0 aliphatic heterocycles. The number of hydrogen-bond donors (Lipinski definition) is 3. The molecule has 0 bridgehead atoms. The third-order valence-corrected chi connectivity index (χ3v) is 5.37. The number of fused-ring (bicyclic) bond motifs is 2. The van der Waals surface area contributed by atoms with E-state index in [1.807, 2.05) is 6.07 Å². The van der Waals surface area contributed by atoms with E-state index in [-0.39, 0.29) is 17.1 Å². The summed E-state index contributed by atoms with van der Waals surface area (Å²) in [6, 6.07) is 9.64. The number of nitrogens with zero attached hydrogens (tertiary/aromatic N) is 2. The Balaban J connectivity index is 2.13. The van der Waals surface area contributed by atoms with Gasteiger partial charge in [0.15, 0.2) is 0 Å². The third-order valence-electron chi connectivity index (χ3n) is 5.37. The van der Waals surface area contributed by atoms with E-state index in [4.69, 9.17) is 10.00 Å². The van der Waals surface area contributed by atoms with Crippen molar-refractivity contribution in [2.24, 2.45) is 0 Å². The maximum atomic E-state index is 14.8. The second-order valence-electron chi connectivity index (χ2n) is 6.96. The van der Waals surface area contributed by atoms with Gasteiger partial charge in [-0.3, -0.25) is 5.32 Å². The van der Waals surface area contributed by atoms with Crippen molar-refractivity contribution in [2.75, 3.05) is 14.2 Å². The summed E-state index contributed by atoms with van der Waals surface area (Å²) in [5.41, 5.74) is -0.461. The fraction of sp³-hybridized carbons (Fsp3) is 0.238. The number of hydrogen-bond acceptors (Lipinski definition) is 4. The van der Waals surface area contributed by atoms with Gasteiger partial charge in [0.2, 0.25) is 5.54 Å². The molecule has 4 aromatic rings. The van der Waals surface area contributed by atoms with Crippen LogP contribution in [0.25, 0.3) is 21.9 Å². The first-order valence-corrected chi connectivity index (χ1v) is 9.08. The number of H-pyrrole nitrogens is 2. The normalized spacial score (nSPS) is 14.0. The number of nitriles is 1. The summed E-state index contributed by atoms with van der Waals surface area (Å²) in [4.78, 5) is 10.0. The van der Waals surface area contributed by atoms with Crippen molar-refractivity contribution < 1.29 is 17.9 Å². The van der Waals surface area contributed by atoms with E-state index in [1.54, 1.807) is 25.3 Å². The summed E-state index contributed by atoms with van der Waals surface area (Å²) in [5.74, 6) is -0.253. The number of alkyl halides is 3. The minimum Gasteiger partial charge on any atom is -0.496 e. The maximum Gasteiger partial charge on any atom is 0.418 e. The van der Waals surface area contributed by atoms with Crippen molar-refractivity contribution in [2.45, 2.75) is 18.6 Å². The molecule has 0 spiro atoms. The van der Waals surface area contributed by atoms with Crippen molar-refractivity contribution in [1.29, 1.82) is 5.26 Å². The summed E-state index contributed by atoms with van der Waals surface area (Å²) < 4.78 is 49.9. The molecule has 2 heterocycles. The van der Waals surface area contributed by atoms with Gasteiger partial charge in [0, 0.05) is 22.7 Å². The Morgan fingerprint density at radius 2 is 1.97 bits per heavy atom. The molecule has 30 heavy (non-hydrogen) atoms. The topological polar surface area (TPSA) is 89.5 Å². The molecule has 0 radical (unpaired) electrons. The quantitative estimate of drug-likeness (QED) is 0.466. The fourth-order valence-electron chi connectivity index (χ4n) is 3.96. The van der Waals surface area contributed by atoms with Crippen LogP contribution in [0.2, 0.25) is 0 Å². The van der Waals surface area contributed by atoms with E-state index in [9.17, 15) is 13.2 Å². The summed E-state index contributed by atoms with van der Waals surface area (Å²) in [6.45, 7) is 1.80. The van der Waals surface area contributed by atoms with E-state index in [1.165, 1.54) is 32.4 Å². The predicted octanol–water partition coefficient (Wildman–Crippen LogP) is 4.26. The van der Waals surface area contributed by atoms with E-state index in [0.29, 0.717) is 27.5 Å². The van der Waals surface area contributed by atoms with Gasteiger partial charge in [-0.15, -0.1) is 0 Å². The number of aromatic nitrogens is 3. The van der Waals surface area contributed by atoms with Crippen LogP contribution < -0.4 is 10.1 Å². The lowest BCUT2D eigenvalue weighted by molar-refractivity contribution is -0.187. The maximum absolute atomic E-state index is 14.8. The van der Waals surface area contributed by atoms with Gasteiger partial charge in [-0.25, -0.2) is 4.98 Å². The Bertz CT molecular complexity index is 1300. The number of aromatic amines is 2. The highest BCUT2D eigenvalue weighted by Crippen LogP contribution is 2.49. The molecule has 2 aromatic heterocycles. The lowest BCUT2D eigenvalue weighted by atomic mass is 9.84. The van der Waals surface area contributed by atoms with Gasteiger partial charge in [-0.05, 0) is 49.9 Å². The molecule has 0 aliphatic carbocycles. The molecule has 0 amide bonds. The minimum absolute atomic E-state index is 0.0874. The SMILES string of the molecule is CNC(c1nc2ccc(C#N)cc2[nH]1)(c1c(OC)cc(C)c2[nH]ccc12)C(F)(F)F. The van der Waals surface area contributed by atoms with Gasteiger partial charge in [-0.2, -0.15) is 18.4 Å². The standard InChI is InChI=1S/C21H18F3N5O/c1-11-8-16(30-3)17(13-6-7-27-18(11)13)20(26-2,21(22,23)24)19-28-14-5-4-12(10-25)9-15(14)29-19/h4-9,26-27H,1-3H3,(H,28,29). The van der Waals surface area contributed by atoms with Gasteiger partial charge >= 0.3 is 6.18 Å². The molecular formula is C21H18F3N5O. The van der Waals surface area contributed by atoms with Crippen LogP contribution in [-0.2, 0) is 5.54 Å². The van der Waals surface area contributed by atoms with Crippen molar-refractivity contribution >= 4 is 21.9 Å². The molecule has 0 fully saturated rings. The zero-order valence-electron chi connectivity index (χ0n) is 16.4. The average molecular weight is 413 g/mol. The zero-order chi connectivity index (χ0) is 21.7. The number of aryl methyl sites for hydroxylation is 1. The minimum atomic E-state index is -4.78. The monoisotopic (exact) mass is 413 g/mol. The van der Waals surface area contributed by atoms with Crippen LogP contribution in [0.1, 0.15) is 22.5 Å². The lowest BCUT2D eigenvalue weighted by Gasteiger charge is -2.35. The largest absolute Gasteiger partial charge is 0.496 e. The second-order valence-corrected chi connectivity index (χ2v) is 6.96. The molecule has 0 saturated carbocycles. The summed E-state index contributed by atoms with van der Waals surface area (Å²) in [5, 5.41) is 12.0. The van der Waals surface area contributed by atoms with Crippen LogP contribution in [-0.4, -0.2) is 35.3 Å². The molecule has 154 valence electrons. The Labute approximate surface area is 169 Å². The van der Waals surface area contributed by atoms with E-state index in [2.05, 4.69) is 20.3 Å². The summed E-state index contributed by atoms with van der Waals surface area (Å²) in [7, 11) is 2.57. The first-order chi connectivity index (χ1) is 14.3. The van der Waals surface area contributed by atoms with E-state index in [0.717, 1.165) is 5.56 Å². The zero-order valence-corrected chi connectivity index (χ0v) is 16.4. The highest BCUT2D eigenvalue weighted by atomic mass is 19.4. The Hall–Kier alpha value is -3.51. The smallest absolute Gasteiger partial charge is 0.418 e. The molecule has 9 heteroatoms. The molecule has 1 atom stereocenters. The Kier molecular flexibility index (Phi) is 4.47. The highest BCUT2D eigenvalue weighted by molar-refractivity contribution is 5.90. The van der Waals surface area contributed by atoms with Crippen molar-refractivity contribution in [1.82, 2.24) is 20.3 Å². The van der Waals surface area contributed by atoms with Crippen LogP contribution >= 0.6 is 0 Å². The molecule has 1 unspecified atom stereocenters. The van der Waals surface area contributed by atoms with Gasteiger partial charge < -0.3 is 14.7 Å².